The molecule has 6 aromatic rings. The van der Waals surface area contributed by atoms with Crippen LogP contribution in [0.15, 0.2) is 140 Å². The van der Waals surface area contributed by atoms with Crippen molar-refractivity contribution in [2.45, 2.75) is 102 Å². The molecular formula is C50H59NO6Si. The molecule has 1 aromatic heterocycles. The minimum atomic E-state index is -1.94. The Hall–Kier alpha value is -4.54. The molecule has 58 heavy (non-hydrogen) atoms. The molecule has 0 amide bonds. The third kappa shape index (κ3) is 9.66. The lowest BCUT2D eigenvalue weighted by Gasteiger charge is -2.55. The Kier molecular flexibility index (Phi) is 13.3. The van der Waals surface area contributed by atoms with E-state index in [9.17, 15) is 0 Å². The normalized spacial score (nSPS) is 21.1. The molecule has 0 radical (unpaired) electrons. The SMILES string of the molecule is COc1ccc(Cc2cn([C@@]3([SiH](C)C)O[C@H](COC(C)(C)C)[C@@H](OCc4ccccc4)[C@H](OCc4ccccc4)[C@H]3OCc3ccccc3)c3cc(C)ccc23)cc1. The topological polar surface area (TPSA) is 60.3 Å². The molecule has 7 nitrogen and oxygen atoms in total. The van der Waals surface area contributed by atoms with Crippen molar-refractivity contribution in [1.29, 1.82) is 0 Å². The first-order valence-corrected chi connectivity index (χ1v) is 23.4. The molecular weight excluding hydrogens is 739 g/mol. The van der Waals surface area contributed by atoms with Crippen LogP contribution in [0.1, 0.15) is 54.2 Å². The molecule has 5 atom stereocenters. The van der Waals surface area contributed by atoms with Gasteiger partial charge in [0.15, 0.2) is 5.35 Å². The van der Waals surface area contributed by atoms with Crippen molar-refractivity contribution < 1.29 is 28.4 Å². The number of hydrogen-bond donors (Lipinski definition) is 0. The molecule has 1 aliphatic rings. The molecule has 5 aromatic carbocycles. The fourth-order valence-electron chi connectivity index (χ4n) is 8.09. The number of rotatable bonds is 16. The zero-order valence-electron chi connectivity index (χ0n) is 35.1. The van der Waals surface area contributed by atoms with Crippen LogP contribution in [0, 0.1) is 6.92 Å². The number of aryl methyl sites for hydroxylation is 1. The third-order valence-electron chi connectivity index (χ3n) is 11.1. The molecule has 1 fully saturated rings. The Morgan fingerprint density at radius 2 is 1.22 bits per heavy atom. The van der Waals surface area contributed by atoms with Crippen molar-refractivity contribution in [2.24, 2.45) is 0 Å². The smallest absolute Gasteiger partial charge is 0.154 e. The van der Waals surface area contributed by atoms with Crippen LogP contribution in [0.3, 0.4) is 0 Å². The number of aromatic nitrogens is 1. The molecule has 1 aliphatic heterocycles. The Balaban J connectivity index is 1.41. The number of ether oxygens (including phenoxy) is 6. The molecule has 2 heterocycles. The van der Waals surface area contributed by atoms with Gasteiger partial charge in [-0.15, -0.1) is 0 Å². The summed E-state index contributed by atoms with van der Waals surface area (Å²) >= 11 is 0. The lowest BCUT2D eigenvalue weighted by atomic mass is 9.95. The number of nitrogens with zero attached hydrogens (tertiary/aromatic N) is 1. The second kappa shape index (κ2) is 18.6. The van der Waals surface area contributed by atoms with Crippen molar-refractivity contribution in [3.63, 3.8) is 0 Å². The highest BCUT2D eigenvalue weighted by Gasteiger charge is 2.60. The first-order chi connectivity index (χ1) is 28.0. The van der Waals surface area contributed by atoms with Gasteiger partial charge in [-0.05, 0) is 85.7 Å². The average Bonchev–Trinajstić information content (AvgIpc) is 3.58. The van der Waals surface area contributed by atoms with Crippen LogP contribution in [-0.2, 0) is 55.3 Å². The summed E-state index contributed by atoms with van der Waals surface area (Å²) in [4.78, 5) is 0. The Bertz CT molecular complexity index is 2190. The van der Waals surface area contributed by atoms with Gasteiger partial charge in [0.2, 0.25) is 0 Å². The van der Waals surface area contributed by atoms with Crippen LogP contribution in [-0.4, -0.2) is 57.1 Å². The Morgan fingerprint density at radius 3 is 1.76 bits per heavy atom. The second-order valence-corrected chi connectivity index (χ2v) is 19.9. The van der Waals surface area contributed by atoms with Crippen molar-refractivity contribution in [3.8, 4) is 5.75 Å². The van der Waals surface area contributed by atoms with E-state index < -0.39 is 44.2 Å². The second-order valence-electron chi connectivity index (χ2n) is 16.8. The lowest BCUT2D eigenvalue weighted by Crippen LogP contribution is -2.71. The average molecular weight is 798 g/mol. The molecule has 7 rings (SSSR count). The number of fused-ring (bicyclic) bond motifs is 1. The molecule has 8 heteroatoms. The van der Waals surface area contributed by atoms with Gasteiger partial charge in [-0.2, -0.15) is 0 Å². The van der Waals surface area contributed by atoms with E-state index in [1.54, 1.807) is 7.11 Å². The van der Waals surface area contributed by atoms with Crippen molar-refractivity contribution in [2.75, 3.05) is 13.7 Å². The molecule has 304 valence electrons. The lowest BCUT2D eigenvalue weighted by molar-refractivity contribution is -0.311. The molecule has 0 N–H and O–H groups in total. The monoisotopic (exact) mass is 797 g/mol. The first-order valence-electron chi connectivity index (χ1n) is 20.6. The van der Waals surface area contributed by atoms with E-state index in [2.05, 4.69) is 143 Å². The van der Waals surface area contributed by atoms with E-state index in [-0.39, 0.29) is 0 Å². The van der Waals surface area contributed by atoms with Crippen LogP contribution in [0.5, 0.6) is 5.75 Å². The van der Waals surface area contributed by atoms with E-state index in [0.29, 0.717) is 26.4 Å². The summed E-state index contributed by atoms with van der Waals surface area (Å²) in [7, 11) is -0.242. The van der Waals surface area contributed by atoms with Gasteiger partial charge in [0.05, 0.1) is 53.5 Å². The van der Waals surface area contributed by atoms with Gasteiger partial charge in [-0.3, -0.25) is 0 Å². The van der Waals surface area contributed by atoms with Crippen LogP contribution >= 0.6 is 0 Å². The maximum Gasteiger partial charge on any atom is 0.154 e. The molecule has 0 spiro atoms. The highest BCUT2D eigenvalue weighted by Crippen LogP contribution is 2.45. The van der Waals surface area contributed by atoms with Crippen LogP contribution in [0.4, 0.5) is 0 Å². The van der Waals surface area contributed by atoms with Gasteiger partial charge in [-0.25, -0.2) is 0 Å². The minimum absolute atomic E-state index is 0.319. The van der Waals surface area contributed by atoms with Crippen LogP contribution in [0.25, 0.3) is 10.9 Å². The van der Waals surface area contributed by atoms with E-state index in [4.69, 9.17) is 28.4 Å². The van der Waals surface area contributed by atoms with E-state index >= 15 is 0 Å². The molecule has 0 saturated carbocycles. The quantitative estimate of drug-likeness (QED) is 0.0910. The fourth-order valence-corrected chi connectivity index (χ4v) is 10.2. The number of hydrogen-bond acceptors (Lipinski definition) is 6. The summed E-state index contributed by atoms with van der Waals surface area (Å²) in [6, 6.07) is 46.2. The van der Waals surface area contributed by atoms with Crippen molar-refractivity contribution in [3.05, 3.63) is 173 Å². The van der Waals surface area contributed by atoms with Crippen LogP contribution in [0.2, 0.25) is 13.1 Å². The summed E-state index contributed by atoms with van der Waals surface area (Å²) in [5, 5.41) is 0.270. The van der Waals surface area contributed by atoms with E-state index in [1.165, 1.54) is 22.1 Å². The maximum atomic E-state index is 7.80. The molecule has 0 aliphatic carbocycles. The van der Waals surface area contributed by atoms with Gasteiger partial charge >= 0.3 is 0 Å². The molecule has 0 bridgehead atoms. The zero-order chi connectivity index (χ0) is 40.7. The first kappa shape index (κ1) is 41.6. The van der Waals surface area contributed by atoms with Crippen molar-refractivity contribution >= 4 is 19.7 Å². The van der Waals surface area contributed by atoms with E-state index in [0.717, 1.165) is 34.4 Å². The summed E-state index contributed by atoms with van der Waals surface area (Å²) in [5.74, 6) is 0.842. The Morgan fingerprint density at radius 1 is 0.672 bits per heavy atom. The summed E-state index contributed by atoms with van der Waals surface area (Å²) in [5.41, 5.74) is 7.53. The predicted molar refractivity (Wildman–Crippen MR) is 235 cm³/mol. The predicted octanol–water partition coefficient (Wildman–Crippen LogP) is 10.2. The number of methoxy groups -OCH3 is 1. The standard InChI is InChI=1S/C50H59NO6Si/c1-36-23-28-43-41(30-37-24-26-42(52-5)27-25-37)31-51(44(43)29-36)50(58(6)7)48(55-34-40-21-15-10-16-22-40)47(54-33-39-19-13-9-14-20-39)46(45(57-50)35-56-49(2,3)4)53-32-38-17-11-8-12-18-38/h8-29,31,45-48,58H,30,32-35H2,1-7H3/t45-,46-,47+,48-,50-/m1/s1. The highest BCUT2D eigenvalue weighted by molar-refractivity contribution is 6.58. The summed E-state index contributed by atoms with van der Waals surface area (Å²) in [6.07, 6.45) is 0.978. The largest absolute Gasteiger partial charge is 0.497 e. The molecule has 1 saturated heterocycles. The van der Waals surface area contributed by atoms with Gasteiger partial charge < -0.3 is 33.0 Å². The third-order valence-corrected chi connectivity index (χ3v) is 13.5. The van der Waals surface area contributed by atoms with Gasteiger partial charge in [0.25, 0.3) is 0 Å². The maximum absolute atomic E-state index is 7.80. The Labute approximate surface area is 346 Å². The summed E-state index contributed by atoms with van der Waals surface area (Å²) < 4.78 is 43.9. The van der Waals surface area contributed by atoms with Gasteiger partial charge in [0.1, 0.15) is 30.2 Å². The van der Waals surface area contributed by atoms with Crippen LogP contribution < -0.4 is 4.74 Å². The molecule has 0 unspecified atom stereocenters. The highest BCUT2D eigenvalue weighted by atomic mass is 28.3. The number of benzene rings is 5. The zero-order valence-corrected chi connectivity index (χ0v) is 36.3. The van der Waals surface area contributed by atoms with Gasteiger partial charge in [-0.1, -0.05) is 128 Å². The van der Waals surface area contributed by atoms with Crippen molar-refractivity contribution in [1.82, 2.24) is 4.57 Å². The van der Waals surface area contributed by atoms with E-state index in [1.807, 2.05) is 42.5 Å². The summed E-state index contributed by atoms with van der Waals surface area (Å²) in [6.45, 7) is 14.6. The minimum Gasteiger partial charge on any atom is -0.497 e. The fraction of sp³-hybridized carbons (Fsp3) is 0.360. The van der Waals surface area contributed by atoms with Gasteiger partial charge in [0, 0.05) is 11.6 Å².